The van der Waals surface area contributed by atoms with Gasteiger partial charge in [0.25, 0.3) is 0 Å². The molecule has 0 bridgehead atoms. The van der Waals surface area contributed by atoms with Gasteiger partial charge in [-0.1, -0.05) is 12.8 Å². The molecule has 3 atom stereocenters. The van der Waals surface area contributed by atoms with Crippen molar-refractivity contribution in [3.8, 4) is 0 Å². The van der Waals surface area contributed by atoms with Gasteiger partial charge in [-0.05, 0) is 25.2 Å². The SMILES string of the molecule is O=C1CC[C@@H]2N1CCN1C(=O)C[C@H]3CCCC[C@]321. The quantitative estimate of drug-likeness (QED) is 0.645. The lowest BCUT2D eigenvalue weighted by Gasteiger charge is -2.55. The molecule has 0 unspecified atom stereocenters. The van der Waals surface area contributed by atoms with Gasteiger partial charge in [0.2, 0.25) is 11.8 Å². The molecule has 4 fully saturated rings. The number of hydrogen-bond donors (Lipinski definition) is 0. The van der Waals surface area contributed by atoms with Gasteiger partial charge in [0.15, 0.2) is 0 Å². The highest BCUT2D eigenvalue weighted by atomic mass is 16.2. The molecule has 4 heteroatoms. The van der Waals surface area contributed by atoms with Crippen LogP contribution in [0.25, 0.3) is 0 Å². The zero-order valence-electron chi connectivity index (χ0n) is 10.7. The summed E-state index contributed by atoms with van der Waals surface area (Å²) in [5, 5.41) is 0. The Morgan fingerprint density at radius 2 is 1.94 bits per heavy atom. The Bertz CT molecular complexity index is 422. The number of carbonyl (C=O) groups is 2. The molecule has 0 aromatic carbocycles. The first-order chi connectivity index (χ1) is 8.73. The van der Waals surface area contributed by atoms with Crippen molar-refractivity contribution in [3.05, 3.63) is 0 Å². The highest BCUT2D eigenvalue weighted by molar-refractivity contribution is 5.84. The summed E-state index contributed by atoms with van der Waals surface area (Å²) in [6.45, 7) is 1.54. The van der Waals surface area contributed by atoms with Crippen molar-refractivity contribution >= 4 is 11.8 Å². The van der Waals surface area contributed by atoms with Gasteiger partial charge in [-0.25, -0.2) is 0 Å². The van der Waals surface area contributed by atoms with E-state index in [0.717, 1.165) is 32.4 Å². The number of fused-ring (bicyclic) bond motifs is 1. The van der Waals surface area contributed by atoms with Gasteiger partial charge in [0.1, 0.15) is 0 Å². The number of amides is 2. The van der Waals surface area contributed by atoms with Crippen molar-refractivity contribution in [2.75, 3.05) is 13.1 Å². The predicted molar refractivity (Wildman–Crippen MR) is 65.8 cm³/mol. The zero-order chi connectivity index (χ0) is 12.3. The lowest BCUT2D eigenvalue weighted by Crippen LogP contribution is -2.67. The van der Waals surface area contributed by atoms with Gasteiger partial charge >= 0.3 is 0 Å². The Hall–Kier alpha value is -1.06. The van der Waals surface area contributed by atoms with E-state index in [1.54, 1.807) is 0 Å². The van der Waals surface area contributed by atoms with Crippen LogP contribution in [0, 0.1) is 5.92 Å². The Morgan fingerprint density at radius 3 is 2.83 bits per heavy atom. The molecule has 2 amide bonds. The van der Waals surface area contributed by atoms with Crippen LogP contribution in [0.2, 0.25) is 0 Å². The Labute approximate surface area is 107 Å². The molecule has 0 aromatic rings. The van der Waals surface area contributed by atoms with Crippen LogP contribution >= 0.6 is 0 Å². The first kappa shape index (κ1) is 10.8. The molecule has 1 aliphatic carbocycles. The van der Waals surface area contributed by atoms with E-state index in [0.29, 0.717) is 30.2 Å². The molecule has 18 heavy (non-hydrogen) atoms. The number of rotatable bonds is 0. The summed E-state index contributed by atoms with van der Waals surface area (Å²) in [5.41, 5.74) is 0.0275. The van der Waals surface area contributed by atoms with Crippen LogP contribution in [0.4, 0.5) is 0 Å². The van der Waals surface area contributed by atoms with E-state index >= 15 is 0 Å². The number of nitrogens with zero attached hydrogens (tertiary/aromatic N) is 2. The molecule has 4 aliphatic rings. The monoisotopic (exact) mass is 248 g/mol. The van der Waals surface area contributed by atoms with E-state index < -0.39 is 0 Å². The van der Waals surface area contributed by atoms with Gasteiger partial charge < -0.3 is 9.80 Å². The van der Waals surface area contributed by atoms with Crippen molar-refractivity contribution in [1.29, 1.82) is 0 Å². The molecule has 0 aromatic heterocycles. The molecule has 1 saturated carbocycles. The van der Waals surface area contributed by atoms with Crippen LogP contribution < -0.4 is 0 Å². The van der Waals surface area contributed by atoms with E-state index in [9.17, 15) is 9.59 Å². The summed E-state index contributed by atoms with van der Waals surface area (Å²) < 4.78 is 0. The number of hydrogen-bond acceptors (Lipinski definition) is 2. The van der Waals surface area contributed by atoms with E-state index in [4.69, 9.17) is 0 Å². The molecule has 98 valence electrons. The van der Waals surface area contributed by atoms with Crippen LogP contribution in [-0.4, -0.2) is 46.3 Å². The highest BCUT2D eigenvalue weighted by Gasteiger charge is 2.62. The molecule has 3 saturated heterocycles. The highest BCUT2D eigenvalue weighted by Crippen LogP contribution is 2.52. The molecular formula is C14H20N2O2. The summed E-state index contributed by atoms with van der Waals surface area (Å²) in [4.78, 5) is 28.5. The predicted octanol–water partition coefficient (Wildman–Crippen LogP) is 1.15. The molecule has 1 spiro atoms. The maximum Gasteiger partial charge on any atom is 0.223 e. The van der Waals surface area contributed by atoms with Crippen LogP contribution in [0.15, 0.2) is 0 Å². The summed E-state index contributed by atoms with van der Waals surface area (Å²) in [6, 6.07) is 0.329. The number of piperazine rings is 1. The van der Waals surface area contributed by atoms with Crippen molar-refractivity contribution in [2.24, 2.45) is 5.92 Å². The fourth-order valence-electron chi connectivity index (χ4n) is 5.13. The molecule has 3 heterocycles. The Morgan fingerprint density at radius 1 is 1.06 bits per heavy atom. The lowest BCUT2D eigenvalue weighted by molar-refractivity contribution is -0.146. The van der Waals surface area contributed by atoms with Crippen molar-refractivity contribution in [1.82, 2.24) is 9.80 Å². The first-order valence-electron chi connectivity index (χ1n) is 7.33. The van der Waals surface area contributed by atoms with Gasteiger partial charge in [0.05, 0.1) is 11.6 Å². The van der Waals surface area contributed by atoms with E-state index in [1.807, 2.05) is 0 Å². The minimum atomic E-state index is 0.0275. The minimum absolute atomic E-state index is 0.0275. The van der Waals surface area contributed by atoms with Crippen LogP contribution in [0.5, 0.6) is 0 Å². The normalized spacial score (nSPS) is 42.9. The molecule has 4 rings (SSSR count). The average Bonchev–Trinajstić information content (AvgIpc) is 2.88. The third-order valence-corrected chi connectivity index (χ3v) is 5.78. The molecule has 4 nitrogen and oxygen atoms in total. The smallest absolute Gasteiger partial charge is 0.223 e. The fourth-order valence-corrected chi connectivity index (χ4v) is 5.13. The van der Waals surface area contributed by atoms with Gasteiger partial charge in [-0.2, -0.15) is 0 Å². The third kappa shape index (κ3) is 1.12. The first-order valence-corrected chi connectivity index (χ1v) is 7.33. The van der Waals surface area contributed by atoms with Crippen molar-refractivity contribution < 1.29 is 9.59 Å². The van der Waals surface area contributed by atoms with E-state index in [2.05, 4.69) is 9.80 Å². The topological polar surface area (TPSA) is 40.6 Å². The van der Waals surface area contributed by atoms with Gasteiger partial charge in [0, 0.05) is 25.9 Å². The van der Waals surface area contributed by atoms with Crippen molar-refractivity contribution in [3.63, 3.8) is 0 Å². The van der Waals surface area contributed by atoms with E-state index in [-0.39, 0.29) is 5.54 Å². The Balaban J connectivity index is 1.79. The zero-order valence-corrected chi connectivity index (χ0v) is 10.7. The average molecular weight is 248 g/mol. The summed E-state index contributed by atoms with van der Waals surface area (Å²) >= 11 is 0. The summed E-state index contributed by atoms with van der Waals surface area (Å²) in [7, 11) is 0. The Kier molecular flexibility index (Phi) is 2.10. The largest absolute Gasteiger partial charge is 0.336 e. The van der Waals surface area contributed by atoms with Crippen LogP contribution in [0.3, 0.4) is 0 Å². The molecule has 0 radical (unpaired) electrons. The molecule has 0 N–H and O–H groups in total. The summed E-state index contributed by atoms with van der Waals surface area (Å²) in [6.07, 6.45) is 7.18. The van der Waals surface area contributed by atoms with Gasteiger partial charge in [-0.15, -0.1) is 0 Å². The van der Waals surface area contributed by atoms with Crippen molar-refractivity contribution in [2.45, 2.75) is 56.5 Å². The second kappa shape index (κ2) is 3.49. The third-order valence-electron chi connectivity index (χ3n) is 5.78. The van der Waals surface area contributed by atoms with Crippen LogP contribution in [0.1, 0.15) is 44.9 Å². The maximum atomic E-state index is 12.3. The molecule has 3 aliphatic heterocycles. The lowest BCUT2D eigenvalue weighted by atomic mass is 9.67. The van der Waals surface area contributed by atoms with E-state index in [1.165, 1.54) is 19.3 Å². The summed E-state index contributed by atoms with van der Waals surface area (Å²) in [5.74, 6) is 1.18. The maximum absolute atomic E-state index is 12.3. The van der Waals surface area contributed by atoms with Gasteiger partial charge in [-0.3, -0.25) is 9.59 Å². The second-order valence-electron chi connectivity index (χ2n) is 6.33. The second-order valence-corrected chi connectivity index (χ2v) is 6.33. The van der Waals surface area contributed by atoms with Crippen LogP contribution in [-0.2, 0) is 9.59 Å². The standard InChI is InChI=1S/C14H20N2O2/c17-12-5-4-11-14-6-2-1-3-10(14)9-13(18)16(14)8-7-15(11)12/h10-11H,1-9H2/t10-,11+,14+/m1/s1. The fraction of sp³-hybridized carbons (Fsp3) is 0.857. The number of carbonyl (C=O) groups excluding carboxylic acids is 2. The molecular weight excluding hydrogens is 228 g/mol. The minimum Gasteiger partial charge on any atom is -0.336 e.